The average Bonchev–Trinajstić information content (AvgIpc) is 1.97. The summed E-state index contributed by atoms with van der Waals surface area (Å²) in [7, 11) is 1.81. The minimum atomic E-state index is 0.409. The molecule has 4 nitrogen and oxygen atoms in total. The van der Waals surface area contributed by atoms with Gasteiger partial charge in [0.1, 0.15) is 17.3 Å². The van der Waals surface area contributed by atoms with Crippen molar-refractivity contribution in [2.75, 3.05) is 12.8 Å². The Morgan fingerprint density at radius 1 is 1.64 bits per heavy atom. The zero-order chi connectivity index (χ0) is 8.27. The number of nitrogen functional groups attached to an aromatic ring is 1. The molecule has 0 amide bonds. The molecule has 1 aromatic rings. The number of halogens is 1. The molecule has 0 fully saturated rings. The Labute approximate surface area is 69.8 Å². The Kier molecular flexibility index (Phi) is 2.62. The summed E-state index contributed by atoms with van der Waals surface area (Å²) in [4.78, 5) is 7.59. The molecule has 0 unspecified atom stereocenters. The second-order valence-electron chi connectivity index (χ2n) is 2.06. The molecular weight excluding hydrogens is 164 g/mol. The lowest BCUT2D eigenvalue weighted by atomic mass is 10.3. The van der Waals surface area contributed by atoms with E-state index in [1.807, 2.05) is 7.05 Å². The van der Waals surface area contributed by atoms with Gasteiger partial charge in [0.2, 0.25) is 0 Å². The number of aromatic nitrogens is 2. The zero-order valence-corrected chi connectivity index (χ0v) is 6.89. The van der Waals surface area contributed by atoms with Crippen molar-refractivity contribution in [2.45, 2.75) is 6.54 Å². The number of rotatable bonds is 2. The van der Waals surface area contributed by atoms with Crippen LogP contribution in [0.4, 0.5) is 5.82 Å². The molecule has 0 radical (unpaired) electrons. The van der Waals surface area contributed by atoms with Gasteiger partial charge in [-0.3, -0.25) is 0 Å². The van der Waals surface area contributed by atoms with E-state index in [9.17, 15) is 0 Å². The topological polar surface area (TPSA) is 63.8 Å². The Hall–Kier alpha value is -0.870. The maximum atomic E-state index is 5.74. The summed E-state index contributed by atoms with van der Waals surface area (Å²) < 4.78 is 0. The largest absolute Gasteiger partial charge is 0.383 e. The van der Waals surface area contributed by atoms with Gasteiger partial charge >= 0.3 is 0 Å². The Morgan fingerprint density at radius 2 is 2.36 bits per heavy atom. The van der Waals surface area contributed by atoms with E-state index < -0.39 is 0 Å². The van der Waals surface area contributed by atoms with E-state index in [0.717, 1.165) is 5.56 Å². The summed E-state index contributed by atoms with van der Waals surface area (Å²) in [5, 5.41) is 3.33. The molecule has 0 aliphatic heterocycles. The highest BCUT2D eigenvalue weighted by Gasteiger charge is 2.04. The van der Waals surface area contributed by atoms with E-state index >= 15 is 0 Å². The molecule has 0 aliphatic carbocycles. The second kappa shape index (κ2) is 3.50. The number of hydrogen-bond donors (Lipinski definition) is 2. The summed E-state index contributed by atoms with van der Waals surface area (Å²) >= 11 is 5.74. The molecule has 0 saturated carbocycles. The molecule has 3 N–H and O–H groups in total. The van der Waals surface area contributed by atoms with Crippen molar-refractivity contribution < 1.29 is 0 Å². The number of hydrogen-bond acceptors (Lipinski definition) is 4. The third kappa shape index (κ3) is 1.78. The van der Waals surface area contributed by atoms with Crippen LogP contribution in [0.5, 0.6) is 0 Å². The summed E-state index contributed by atoms with van der Waals surface area (Å²) in [6, 6.07) is 0. The fraction of sp³-hybridized carbons (Fsp3) is 0.333. The maximum absolute atomic E-state index is 5.74. The molecule has 60 valence electrons. The predicted molar refractivity (Wildman–Crippen MR) is 44.2 cm³/mol. The maximum Gasteiger partial charge on any atom is 0.139 e. The van der Waals surface area contributed by atoms with Crippen LogP contribution in [0.15, 0.2) is 6.33 Å². The van der Waals surface area contributed by atoms with E-state index in [-0.39, 0.29) is 0 Å². The average molecular weight is 173 g/mol. The lowest BCUT2D eigenvalue weighted by Gasteiger charge is -2.03. The highest BCUT2D eigenvalue weighted by Crippen LogP contribution is 2.15. The molecule has 0 atom stereocenters. The summed E-state index contributed by atoms with van der Waals surface area (Å²) in [6.45, 7) is 0.589. The number of nitrogens with one attached hydrogen (secondary N) is 1. The first-order chi connectivity index (χ1) is 5.25. The molecule has 1 rings (SSSR count). The Morgan fingerprint density at radius 3 is 2.91 bits per heavy atom. The van der Waals surface area contributed by atoms with E-state index in [0.29, 0.717) is 17.5 Å². The first-order valence-corrected chi connectivity index (χ1v) is 3.53. The predicted octanol–water partition coefficient (Wildman–Crippen LogP) is 0.432. The van der Waals surface area contributed by atoms with E-state index in [1.165, 1.54) is 6.33 Å². The molecule has 1 aromatic heterocycles. The van der Waals surface area contributed by atoms with Crippen LogP contribution < -0.4 is 11.1 Å². The van der Waals surface area contributed by atoms with Gasteiger partial charge in [0.25, 0.3) is 0 Å². The van der Waals surface area contributed by atoms with Crippen molar-refractivity contribution in [3.63, 3.8) is 0 Å². The van der Waals surface area contributed by atoms with Crippen molar-refractivity contribution in [2.24, 2.45) is 0 Å². The standard InChI is InChI=1S/C6H9ClN4/c1-9-2-4-5(7)10-3-11-6(4)8/h3,9H,2H2,1H3,(H2,8,10,11). The molecule has 1 heterocycles. The minimum absolute atomic E-state index is 0.409. The third-order valence-electron chi connectivity index (χ3n) is 1.28. The highest BCUT2D eigenvalue weighted by molar-refractivity contribution is 6.30. The lowest BCUT2D eigenvalue weighted by Crippen LogP contribution is -2.10. The number of anilines is 1. The number of nitrogens with two attached hydrogens (primary N) is 1. The summed E-state index contributed by atoms with van der Waals surface area (Å²) in [6.07, 6.45) is 1.34. The van der Waals surface area contributed by atoms with Gasteiger partial charge in [0.15, 0.2) is 0 Å². The normalized spacial score (nSPS) is 10.0. The van der Waals surface area contributed by atoms with Crippen molar-refractivity contribution >= 4 is 17.4 Å². The first-order valence-electron chi connectivity index (χ1n) is 3.15. The monoisotopic (exact) mass is 172 g/mol. The first kappa shape index (κ1) is 8.23. The van der Waals surface area contributed by atoms with Crippen LogP contribution in [0.2, 0.25) is 5.15 Å². The van der Waals surface area contributed by atoms with Gasteiger partial charge in [-0.2, -0.15) is 0 Å². The molecule has 0 bridgehead atoms. The van der Waals surface area contributed by atoms with Gasteiger partial charge in [0.05, 0.1) is 0 Å². The molecule has 5 heteroatoms. The van der Waals surface area contributed by atoms with Crippen LogP contribution in [0.25, 0.3) is 0 Å². The van der Waals surface area contributed by atoms with E-state index in [2.05, 4.69) is 15.3 Å². The van der Waals surface area contributed by atoms with Gasteiger partial charge in [0, 0.05) is 12.1 Å². The van der Waals surface area contributed by atoms with Crippen LogP contribution in [0, 0.1) is 0 Å². The molecule has 0 aromatic carbocycles. The van der Waals surface area contributed by atoms with Gasteiger partial charge in [-0.1, -0.05) is 11.6 Å². The van der Waals surface area contributed by atoms with E-state index in [1.54, 1.807) is 0 Å². The van der Waals surface area contributed by atoms with Gasteiger partial charge in [-0.15, -0.1) is 0 Å². The zero-order valence-electron chi connectivity index (χ0n) is 6.13. The summed E-state index contributed by atoms with van der Waals surface area (Å²) in [5.41, 5.74) is 6.28. The van der Waals surface area contributed by atoms with Crippen LogP contribution in [0.3, 0.4) is 0 Å². The molecule has 11 heavy (non-hydrogen) atoms. The van der Waals surface area contributed by atoms with Crippen molar-refractivity contribution in [1.82, 2.24) is 15.3 Å². The van der Waals surface area contributed by atoms with Crippen LogP contribution in [-0.4, -0.2) is 17.0 Å². The molecule has 0 saturated heterocycles. The van der Waals surface area contributed by atoms with Gasteiger partial charge in [-0.05, 0) is 7.05 Å². The highest BCUT2D eigenvalue weighted by atomic mass is 35.5. The third-order valence-corrected chi connectivity index (χ3v) is 1.61. The Balaban J connectivity index is 3.00. The van der Waals surface area contributed by atoms with Crippen LogP contribution >= 0.6 is 11.6 Å². The fourth-order valence-electron chi connectivity index (χ4n) is 0.744. The molecule has 0 spiro atoms. The van der Waals surface area contributed by atoms with Crippen molar-refractivity contribution in [3.05, 3.63) is 17.0 Å². The summed E-state index contributed by atoms with van der Waals surface area (Å²) in [5.74, 6) is 0.430. The number of nitrogens with zero attached hydrogens (tertiary/aromatic N) is 2. The molecule has 0 aliphatic rings. The lowest BCUT2D eigenvalue weighted by molar-refractivity contribution is 0.810. The minimum Gasteiger partial charge on any atom is -0.383 e. The van der Waals surface area contributed by atoms with Crippen molar-refractivity contribution in [1.29, 1.82) is 0 Å². The quantitative estimate of drug-likeness (QED) is 0.636. The fourth-order valence-corrected chi connectivity index (χ4v) is 0.951. The van der Waals surface area contributed by atoms with E-state index in [4.69, 9.17) is 17.3 Å². The second-order valence-corrected chi connectivity index (χ2v) is 2.42. The smallest absolute Gasteiger partial charge is 0.139 e. The SMILES string of the molecule is CNCc1c(N)ncnc1Cl. The van der Waals surface area contributed by atoms with Gasteiger partial charge < -0.3 is 11.1 Å². The van der Waals surface area contributed by atoms with Crippen molar-refractivity contribution in [3.8, 4) is 0 Å². The van der Waals surface area contributed by atoms with Gasteiger partial charge in [-0.25, -0.2) is 9.97 Å². The van der Waals surface area contributed by atoms with Crippen LogP contribution in [0.1, 0.15) is 5.56 Å². The molecular formula is C6H9ClN4. The van der Waals surface area contributed by atoms with Crippen LogP contribution in [-0.2, 0) is 6.54 Å². The Bertz CT molecular complexity index is 230.